The minimum atomic E-state index is -4.95. The number of alkyl halides is 3. The van der Waals surface area contributed by atoms with E-state index >= 15 is 0 Å². The summed E-state index contributed by atoms with van der Waals surface area (Å²) >= 11 is 5.95. The normalized spacial score (nSPS) is 15.2. The molecule has 1 unspecified atom stereocenters. The summed E-state index contributed by atoms with van der Waals surface area (Å²) in [6.07, 6.45) is -6.75. The van der Waals surface area contributed by atoms with Crippen molar-refractivity contribution in [3.05, 3.63) is 69.5 Å². The molecule has 1 N–H and O–H groups in total. The minimum absolute atomic E-state index is 0. The molecule has 0 saturated carbocycles. The zero-order chi connectivity index (χ0) is 19.8. The summed E-state index contributed by atoms with van der Waals surface area (Å²) in [6.45, 7) is 0. The van der Waals surface area contributed by atoms with E-state index in [1.54, 1.807) is 6.07 Å². The van der Waals surface area contributed by atoms with Crippen molar-refractivity contribution >= 4 is 53.2 Å². The molecule has 1 atom stereocenters. The van der Waals surface area contributed by atoms with Gasteiger partial charge in [0.25, 0.3) is 0 Å². The van der Waals surface area contributed by atoms with Crippen molar-refractivity contribution in [3.63, 3.8) is 0 Å². The van der Waals surface area contributed by atoms with Gasteiger partial charge < -0.3 is 9.84 Å². The van der Waals surface area contributed by atoms with Crippen molar-refractivity contribution in [3.8, 4) is 17.6 Å². The van der Waals surface area contributed by atoms with Crippen LogP contribution in [0.3, 0.4) is 0 Å². The van der Waals surface area contributed by atoms with Gasteiger partial charge in [-0.05, 0) is 30.3 Å². The fourth-order valence-electron chi connectivity index (χ4n) is 2.49. The molecule has 0 amide bonds. The molecule has 0 spiro atoms. The van der Waals surface area contributed by atoms with E-state index in [0.717, 1.165) is 6.08 Å². The van der Waals surface area contributed by atoms with Gasteiger partial charge in [-0.1, -0.05) is 35.6 Å². The first kappa shape index (κ1) is 22.3. The molecular formula is C19H10ClF4NaO3. The third-order valence-corrected chi connectivity index (χ3v) is 3.88. The molecule has 0 saturated heterocycles. The van der Waals surface area contributed by atoms with Crippen LogP contribution in [-0.2, 0) is 4.79 Å². The van der Waals surface area contributed by atoms with Crippen molar-refractivity contribution < 1.29 is 32.2 Å². The quantitative estimate of drug-likeness (QED) is 0.430. The maximum atomic E-state index is 13.7. The Bertz CT molecular complexity index is 1020. The van der Waals surface area contributed by atoms with Gasteiger partial charge in [-0.3, -0.25) is 0 Å². The maximum absolute atomic E-state index is 13.7. The summed E-state index contributed by atoms with van der Waals surface area (Å²) in [5, 5.41) is 9.18. The summed E-state index contributed by atoms with van der Waals surface area (Å²) in [7, 11) is 0. The molecule has 3 rings (SSSR count). The molecule has 3 nitrogen and oxygen atoms in total. The monoisotopic (exact) mass is 420 g/mol. The molecule has 1 heterocycles. The van der Waals surface area contributed by atoms with E-state index in [9.17, 15) is 22.4 Å². The van der Waals surface area contributed by atoms with E-state index in [0.29, 0.717) is 0 Å². The first-order valence-electron chi connectivity index (χ1n) is 7.45. The van der Waals surface area contributed by atoms with E-state index in [-0.39, 0.29) is 57.0 Å². The van der Waals surface area contributed by atoms with E-state index < -0.39 is 29.6 Å². The van der Waals surface area contributed by atoms with Gasteiger partial charge in [0.15, 0.2) is 0 Å². The van der Waals surface area contributed by atoms with Gasteiger partial charge >= 0.3 is 41.7 Å². The van der Waals surface area contributed by atoms with Gasteiger partial charge in [-0.25, -0.2) is 9.18 Å². The van der Waals surface area contributed by atoms with Crippen molar-refractivity contribution in [1.29, 1.82) is 0 Å². The molecule has 0 bridgehead atoms. The average molecular weight is 421 g/mol. The standard InChI is InChI=1S/C19H9ClF4O3.Na.H/c20-13-7-11(6-5-10-3-1-2-4-15(10)21)16-12(8-13)9-14(18(25)26)17(27-16)19(22,23)24;;/h1-4,7-9,17H,(H,25,26);;. The number of carbonyl (C=O) groups is 1. The van der Waals surface area contributed by atoms with Crippen LogP contribution in [0.1, 0.15) is 16.7 Å². The molecular weight excluding hydrogens is 411 g/mol. The van der Waals surface area contributed by atoms with Crippen LogP contribution in [0.4, 0.5) is 17.6 Å². The van der Waals surface area contributed by atoms with E-state index in [1.165, 1.54) is 30.3 Å². The number of fused-ring (bicyclic) bond motifs is 1. The fraction of sp³-hybridized carbons (Fsp3) is 0.105. The Kier molecular flexibility index (Phi) is 6.84. The second kappa shape index (κ2) is 8.58. The van der Waals surface area contributed by atoms with E-state index in [4.69, 9.17) is 21.4 Å². The zero-order valence-electron chi connectivity index (χ0n) is 13.3. The Balaban J connectivity index is 0.00000280. The zero-order valence-corrected chi connectivity index (χ0v) is 14.0. The van der Waals surface area contributed by atoms with Crippen LogP contribution in [0.2, 0.25) is 5.02 Å². The molecule has 9 heteroatoms. The Hall–Kier alpha value is -1.98. The molecule has 1 aliphatic heterocycles. The van der Waals surface area contributed by atoms with Crippen LogP contribution in [-0.4, -0.2) is 52.9 Å². The molecule has 0 aromatic heterocycles. The molecule has 28 heavy (non-hydrogen) atoms. The average Bonchev–Trinajstić information content (AvgIpc) is 2.58. The molecule has 140 valence electrons. The summed E-state index contributed by atoms with van der Waals surface area (Å²) in [4.78, 5) is 11.2. The summed E-state index contributed by atoms with van der Waals surface area (Å²) in [6, 6.07) is 8.15. The number of halogens is 5. The van der Waals surface area contributed by atoms with E-state index in [1.807, 2.05) is 0 Å². The third-order valence-electron chi connectivity index (χ3n) is 3.66. The van der Waals surface area contributed by atoms with Crippen LogP contribution in [0.25, 0.3) is 6.08 Å². The SMILES string of the molecule is O=C(O)C1=Cc2cc(Cl)cc(C#Cc3ccccc3F)c2OC1C(F)(F)F.[NaH]. The van der Waals surface area contributed by atoms with Crippen molar-refractivity contribution in [2.45, 2.75) is 12.3 Å². The second-order valence-corrected chi connectivity index (χ2v) is 5.98. The molecule has 2 aromatic carbocycles. The summed E-state index contributed by atoms with van der Waals surface area (Å²) in [5.41, 5.74) is -0.907. The topological polar surface area (TPSA) is 46.5 Å². The number of ether oxygens (including phenoxy) is 1. The first-order valence-corrected chi connectivity index (χ1v) is 7.83. The van der Waals surface area contributed by atoms with Gasteiger partial charge in [-0.2, -0.15) is 13.2 Å². The van der Waals surface area contributed by atoms with E-state index in [2.05, 4.69) is 11.8 Å². The predicted molar refractivity (Wildman–Crippen MR) is 97.1 cm³/mol. The van der Waals surface area contributed by atoms with Crippen molar-refractivity contribution in [1.82, 2.24) is 0 Å². The Labute approximate surface area is 184 Å². The number of carboxylic acid groups (broad SMARTS) is 1. The summed E-state index contributed by atoms with van der Waals surface area (Å²) < 4.78 is 58.3. The second-order valence-electron chi connectivity index (χ2n) is 5.55. The number of carboxylic acids is 1. The van der Waals surface area contributed by atoms with Crippen LogP contribution in [0, 0.1) is 17.7 Å². The first-order chi connectivity index (χ1) is 12.7. The van der Waals surface area contributed by atoms with Gasteiger partial charge in [0, 0.05) is 10.6 Å². The number of rotatable bonds is 1. The molecule has 1 aliphatic rings. The van der Waals surface area contributed by atoms with Crippen LogP contribution in [0.15, 0.2) is 42.0 Å². The van der Waals surface area contributed by atoms with Crippen LogP contribution >= 0.6 is 11.6 Å². The Morgan fingerprint density at radius 1 is 1.14 bits per heavy atom. The fourth-order valence-corrected chi connectivity index (χ4v) is 2.71. The summed E-state index contributed by atoms with van der Waals surface area (Å²) in [5.74, 6) is 2.43. The number of aliphatic carboxylic acids is 1. The van der Waals surface area contributed by atoms with Crippen LogP contribution in [0.5, 0.6) is 5.75 Å². The van der Waals surface area contributed by atoms with Crippen molar-refractivity contribution in [2.24, 2.45) is 0 Å². The van der Waals surface area contributed by atoms with Gasteiger partial charge in [0.05, 0.1) is 16.7 Å². The molecule has 0 fully saturated rings. The Morgan fingerprint density at radius 2 is 1.79 bits per heavy atom. The number of benzene rings is 2. The molecule has 2 aromatic rings. The molecule has 0 radical (unpaired) electrons. The predicted octanol–water partition coefficient (Wildman–Crippen LogP) is 4.02. The van der Waals surface area contributed by atoms with Crippen molar-refractivity contribution in [2.75, 3.05) is 0 Å². The molecule has 0 aliphatic carbocycles. The number of hydrogen-bond acceptors (Lipinski definition) is 2. The van der Waals surface area contributed by atoms with Crippen LogP contribution < -0.4 is 4.74 Å². The Morgan fingerprint density at radius 3 is 2.39 bits per heavy atom. The van der Waals surface area contributed by atoms with Gasteiger partial charge in [0.1, 0.15) is 11.6 Å². The third kappa shape index (κ3) is 4.70. The van der Waals surface area contributed by atoms with Gasteiger partial charge in [0.2, 0.25) is 6.10 Å². The van der Waals surface area contributed by atoms with Gasteiger partial charge in [-0.15, -0.1) is 0 Å². The number of hydrogen-bond donors (Lipinski definition) is 1.